The van der Waals surface area contributed by atoms with Crippen LogP contribution in [0, 0.1) is 5.92 Å². The van der Waals surface area contributed by atoms with Crippen molar-refractivity contribution in [1.82, 2.24) is 4.90 Å². The van der Waals surface area contributed by atoms with Crippen LogP contribution in [-0.2, 0) is 4.79 Å². The van der Waals surface area contributed by atoms with Gasteiger partial charge in [0.05, 0.1) is 12.8 Å². The Morgan fingerprint density at radius 2 is 1.89 bits per heavy atom. The average Bonchev–Trinajstić information content (AvgIpc) is 3.38. The quantitative estimate of drug-likeness (QED) is 0.836. The third-order valence-corrected chi connectivity index (χ3v) is 6.55. The molecule has 1 aromatic carbocycles. The minimum atomic E-state index is -0.0138. The highest BCUT2D eigenvalue weighted by molar-refractivity contribution is 5.97. The van der Waals surface area contributed by atoms with Crippen LogP contribution in [0.2, 0.25) is 0 Å². The number of methoxy groups -OCH3 is 1. The normalized spacial score (nSPS) is 23.3. The molecule has 3 aliphatic rings. The van der Waals surface area contributed by atoms with E-state index in [-0.39, 0.29) is 11.9 Å². The van der Waals surface area contributed by atoms with Gasteiger partial charge in [0.2, 0.25) is 5.91 Å². The molecule has 3 fully saturated rings. The monoisotopic (exact) mass is 385 g/mol. The lowest BCUT2D eigenvalue weighted by Crippen LogP contribution is -2.43. The summed E-state index contributed by atoms with van der Waals surface area (Å²) in [6.07, 6.45) is 10.1. The van der Waals surface area contributed by atoms with Gasteiger partial charge in [0.25, 0.3) is 0 Å². The number of hydrogen-bond acceptors (Lipinski definition) is 3. The Kier molecular flexibility index (Phi) is 5.74. The molecule has 28 heavy (non-hydrogen) atoms. The van der Waals surface area contributed by atoms with Crippen molar-refractivity contribution in [3.05, 3.63) is 18.2 Å². The largest absolute Gasteiger partial charge is 0.494 e. The van der Waals surface area contributed by atoms with E-state index in [2.05, 4.69) is 5.32 Å². The highest BCUT2D eigenvalue weighted by Crippen LogP contribution is 2.36. The molecule has 0 unspecified atom stereocenters. The van der Waals surface area contributed by atoms with E-state index < -0.39 is 0 Å². The number of carbonyl (C=O) groups is 2. The fraction of sp³-hybridized carbons (Fsp3) is 0.636. The Bertz CT molecular complexity index is 730. The van der Waals surface area contributed by atoms with Gasteiger partial charge in [-0.15, -0.1) is 0 Å². The van der Waals surface area contributed by atoms with Crippen LogP contribution in [0.4, 0.5) is 16.2 Å². The highest BCUT2D eigenvalue weighted by atomic mass is 16.5. The van der Waals surface area contributed by atoms with Gasteiger partial charge in [-0.25, -0.2) is 4.79 Å². The average molecular weight is 386 g/mol. The number of urea groups is 1. The molecule has 1 N–H and O–H groups in total. The molecule has 1 aliphatic carbocycles. The number of rotatable bonds is 4. The number of nitrogens with one attached hydrogen (secondary N) is 1. The third-order valence-electron chi connectivity index (χ3n) is 6.55. The topological polar surface area (TPSA) is 61.9 Å². The molecule has 1 atom stereocenters. The highest BCUT2D eigenvalue weighted by Gasteiger charge is 2.35. The Morgan fingerprint density at radius 1 is 1.07 bits per heavy atom. The van der Waals surface area contributed by atoms with Crippen LogP contribution in [0.15, 0.2) is 18.2 Å². The fourth-order valence-corrected chi connectivity index (χ4v) is 5.13. The molecule has 0 radical (unpaired) electrons. The minimum absolute atomic E-state index is 0.0138. The van der Waals surface area contributed by atoms with Crippen molar-refractivity contribution in [3.8, 4) is 5.75 Å². The van der Waals surface area contributed by atoms with Gasteiger partial charge in [-0.1, -0.05) is 19.3 Å². The Balaban J connectivity index is 1.45. The molecule has 152 valence electrons. The molecule has 0 spiro atoms. The van der Waals surface area contributed by atoms with Crippen molar-refractivity contribution in [2.24, 2.45) is 5.92 Å². The standard InChI is InChI=1S/C22H31N3O3/c1-28-20-15-17(11-12-19(20)24-13-6-10-21(24)26)23-22(27)25-14-5-9-18(25)16-7-3-2-4-8-16/h11-12,15-16,18H,2-10,13-14H2,1H3,(H,23,27)/t18-/m1/s1. The minimum Gasteiger partial charge on any atom is -0.494 e. The zero-order valence-electron chi connectivity index (χ0n) is 16.8. The predicted molar refractivity (Wildman–Crippen MR) is 110 cm³/mol. The zero-order valence-corrected chi connectivity index (χ0v) is 16.8. The molecule has 6 nitrogen and oxygen atoms in total. The summed E-state index contributed by atoms with van der Waals surface area (Å²) in [6, 6.07) is 5.93. The van der Waals surface area contributed by atoms with E-state index in [9.17, 15) is 9.59 Å². The maximum absolute atomic E-state index is 13.0. The van der Waals surface area contributed by atoms with Crippen molar-refractivity contribution < 1.29 is 14.3 Å². The molecule has 2 aliphatic heterocycles. The van der Waals surface area contributed by atoms with Gasteiger partial charge in [-0.05, 0) is 50.2 Å². The second-order valence-corrected chi connectivity index (χ2v) is 8.27. The molecule has 2 heterocycles. The summed E-state index contributed by atoms with van der Waals surface area (Å²) in [6.45, 7) is 1.56. The van der Waals surface area contributed by atoms with Crippen molar-refractivity contribution in [2.75, 3.05) is 30.4 Å². The molecule has 4 rings (SSSR count). The molecule has 2 saturated heterocycles. The predicted octanol–water partition coefficient (Wildman–Crippen LogP) is 4.40. The van der Waals surface area contributed by atoms with Crippen LogP contribution >= 0.6 is 0 Å². The number of ether oxygens (including phenoxy) is 1. The smallest absolute Gasteiger partial charge is 0.322 e. The molecule has 3 amide bonds. The summed E-state index contributed by atoms with van der Waals surface area (Å²) >= 11 is 0. The lowest BCUT2D eigenvalue weighted by molar-refractivity contribution is -0.117. The molecular formula is C22H31N3O3. The van der Waals surface area contributed by atoms with Crippen molar-refractivity contribution in [2.45, 2.75) is 63.8 Å². The summed E-state index contributed by atoms with van der Waals surface area (Å²) in [5, 5.41) is 3.06. The van der Waals surface area contributed by atoms with E-state index in [0.717, 1.165) is 38.0 Å². The summed E-state index contributed by atoms with van der Waals surface area (Å²) < 4.78 is 5.51. The van der Waals surface area contributed by atoms with Gasteiger partial charge in [0, 0.05) is 37.3 Å². The maximum Gasteiger partial charge on any atom is 0.322 e. The van der Waals surface area contributed by atoms with E-state index in [4.69, 9.17) is 4.74 Å². The Labute approximate surface area is 167 Å². The van der Waals surface area contributed by atoms with Crippen LogP contribution < -0.4 is 15.0 Å². The van der Waals surface area contributed by atoms with Gasteiger partial charge < -0.3 is 19.9 Å². The van der Waals surface area contributed by atoms with Gasteiger partial charge in [0.15, 0.2) is 0 Å². The van der Waals surface area contributed by atoms with Gasteiger partial charge in [-0.3, -0.25) is 4.79 Å². The molecule has 0 bridgehead atoms. The van der Waals surface area contributed by atoms with Crippen molar-refractivity contribution >= 4 is 23.3 Å². The molecular weight excluding hydrogens is 354 g/mol. The van der Waals surface area contributed by atoms with Crippen molar-refractivity contribution in [3.63, 3.8) is 0 Å². The maximum atomic E-state index is 13.0. The third kappa shape index (κ3) is 3.82. The second-order valence-electron chi connectivity index (χ2n) is 8.27. The lowest BCUT2D eigenvalue weighted by Gasteiger charge is -2.34. The fourth-order valence-electron chi connectivity index (χ4n) is 5.13. The summed E-state index contributed by atoms with van der Waals surface area (Å²) in [5.41, 5.74) is 1.50. The molecule has 1 aromatic rings. The Morgan fingerprint density at radius 3 is 2.61 bits per heavy atom. The second kappa shape index (κ2) is 8.41. The zero-order chi connectivity index (χ0) is 19.5. The van der Waals surface area contributed by atoms with Crippen LogP contribution in [0.3, 0.4) is 0 Å². The van der Waals surface area contributed by atoms with Gasteiger partial charge in [-0.2, -0.15) is 0 Å². The van der Waals surface area contributed by atoms with Crippen LogP contribution in [-0.4, -0.2) is 43.1 Å². The first-order chi connectivity index (χ1) is 13.7. The number of likely N-dealkylation sites (tertiary alicyclic amines) is 1. The number of anilines is 2. The summed E-state index contributed by atoms with van der Waals surface area (Å²) in [5.74, 6) is 1.40. The summed E-state index contributed by atoms with van der Waals surface area (Å²) in [7, 11) is 1.60. The van der Waals surface area contributed by atoms with E-state index in [1.54, 1.807) is 12.0 Å². The molecule has 6 heteroatoms. The van der Waals surface area contributed by atoms with Gasteiger partial charge >= 0.3 is 6.03 Å². The van der Waals surface area contributed by atoms with E-state index in [1.807, 2.05) is 23.1 Å². The van der Waals surface area contributed by atoms with Gasteiger partial charge in [0.1, 0.15) is 5.75 Å². The van der Waals surface area contributed by atoms with Crippen LogP contribution in [0.25, 0.3) is 0 Å². The number of carbonyl (C=O) groups excluding carboxylic acids is 2. The number of hydrogen-bond donors (Lipinski definition) is 1. The SMILES string of the molecule is COc1cc(NC(=O)N2CCC[C@@H]2C2CCCCC2)ccc1N1CCCC1=O. The first-order valence-corrected chi connectivity index (χ1v) is 10.7. The van der Waals surface area contributed by atoms with E-state index in [1.165, 1.54) is 32.1 Å². The first kappa shape index (κ1) is 19.1. The number of amides is 3. The first-order valence-electron chi connectivity index (χ1n) is 10.7. The molecule has 1 saturated carbocycles. The van der Waals surface area contributed by atoms with Crippen LogP contribution in [0.5, 0.6) is 5.75 Å². The number of nitrogens with zero attached hydrogens (tertiary/aromatic N) is 2. The van der Waals surface area contributed by atoms with E-state index in [0.29, 0.717) is 29.8 Å². The van der Waals surface area contributed by atoms with Crippen LogP contribution in [0.1, 0.15) is 57.8 Å². The lowest BCUT2D eigenvalue weighted by atomic mass is 9.83. The number of benzene rings is 1. The molecule has 0 aromatic heterocycles. The summed E-state index contributed by atoms with van der Waals surface area (Å²) in [4.78, 5) is 28.8. The van der Waals surface area contributed by atoms with Crippen molar-refractivity contribution in [1.29, 1.82) is 0 Å². The Hall–Kier alpha value is -2.24. The van der Waals surface area contributed by atoms with E-state index >= 15 is 0 Å².